The first-order valence-electron chi connectivity index (χ1n) is 13.8. The predicted molar refractivity (Wildman–Crippen MR) is 158 cm³/mol. The second-order valence-electron chi connectivity index (χ2n) is 9.88. The monoisotopic (exact) mass is 595 g/mol. The number of nitrogens with one attached hydrogen (secondary N) is 1. The van der Waals surface area contributed by atoms with Crippen LogP contribution in [0.2, 0.25) is 0 Å². The van der Waals surface area contributed by atoms with Crippen molar-refractivity contribution in [1.29, 1.82) is 0 Å². The van der Waals surface area contributed by atoms with E-state index in [0.29, 0.717) is 11.3 Å². The summed E-state index contributed by atoms with van der Waals surface area (Å²) in [6.07, 6.45) is -6.34. The Kier molecular flexibility index (Phi) is 9.63. The van der Waals surface area contributed by atoms with Crippen molar-refractivity contribution in [2.24, 2.45) is 0 Å². The quantitative estimate of drug-likeness (QED) is 0.195. The van der Waals surface area contributed by atoms with Gasteiger partial charge in [0.25, 0.3) is 0 Å². The molecule has 1 saturated heterocycles. The highest BCUT2D eigenvalue weighted by Crippen LogP contribution is 2.30. The van der Waals surface area contributed by atoms with Crippen molar-refractivity contribution >= 4 is 29.7 Å². The third-order valence-corrected chi connectivity index (χ3v) is 6.68. The highest BCUT2D eigenvalue weighted by molar-refractivity contribution is 5.91. The summed E-state index contributed by atoms with van der Waals surface area (Å²) >= 11 is 0. The minimum absolute atomic E-state index is 0.218. The molecule has 1 aliphatic rings. The van der Waals surface area contributed by atoms with E-state index in [2.05, 4.69) is 5.32 Å². The fourth-order valence-electron chi connectivity index (χ4n) is 4.42. The Balaban J connectivity index is 1.41. The van der Waals surface area contributed by atoms with Gasteiger partial charge in [-0.2, -0.15) is 0 Å². The maximum atomic E-state index is 13.2. The third-order valence-electron chi connectivity index (χ3n) is 6.68. The summed E-state index contributed by atoms with van der Waals surface area (Å²) < 4.78 is 28.6. The van der Waals surface area contributed by atoms with Crippen molar-refractivity contribution in [2.75, 3.05) is 11.9 Å². The van der Waals surface area contributed by atoms with E-state index in [4.69, 9.17) is 23.7 Å². The number of carbonyl (C=O) groups is 4. The largest absolute Gasteiger partial charge is 0.459 e. The Bertz CT molecular complexity index is 1580. The molecule has 1 aliphatic heterocycles. The number of amides is 1. The molecule has 5 rings (SSSR count). The number of hydrogen-bond donors (Lipinski definition) is 1. The summed E-state index contributed by atoms with van der Waals surface area (Å²) in [6, 6.07) is 31.6. The topological polar surface area (TPSA) is 126 Å². The zero-order valence-corrected chi connectivity index (χ0v) is 23.7. The first kappa shape index (κ1) is 30.0. The standard InChI is InChI=1S/C34H29NO9/c1-22-17-19-25(20-18-22)32(38)43-29-28(42-31(37)24-13-7-3-8-14-24)27(21-40-30(36)23-11-5-2-6-12-23)41-33(29)44-34(39)35-26-15-9-4-10-16-26/h2-20,27-29,33H,21H2,1H3,(H,35,39)/t27-,28-,29-,33+/m0/s1. The van der Waals surface area contributed by atoms with Gasteiger partial charge < -0.3 is 23.7 Å². The molecule has 0 aromatic heterocycles. The van der Waals surface area contributed by atoms with E-state index in [0.717, 1.165) is 5.56 Å². The average Bonchev–Trinajstić information content (AvgIpc) is 3.35. The van der Waals surface area contributed by atoms with Crippen molar-refractivity contribution in [2.45, 2.75) is 31.5 Å². The van der Waals surface area contributed by atoms with Crippen molar-refractivity contribution in [3.05, 3.63) is 138 Å². The molecule has 224 valence electrons. The first-order chi connectivity index (χ1) is 21.4. The van der Waals surface area contributed by atoms with E-state index in [1.54, 1.807) is 115 Å². The van der Waals surface area contributed by atoms with Crippen LogP contribution in [0.4, 0.5) is 10.5 Å². The van der Waals surface area contributed by atoms with Gasteiger partial charge in [0.05, 0.1) is 16.7 Å². The summed E-state index contributed by atoms with van der Waals surface area (Å²) in [7, 11) is 0. The van der Waals surface area contributed by atoms with Gasteiger partial charge in [-0.1, -0.05) is 72.3 Å². The lowest BCUT2D eigenvalue weighted by molar-refractivity contribution is -0.135. The third kappa shape index (κ3) is 7.67. The summed E-state index contributed by atoms with van der Waals surface area (Å²) in [6.45, 7) is 1.47. The lowest BCUT2D eigenvalue weighted by Crippen LogP contribution is -2.43. The number of anilines is 1. The van der Waals surface area contributed by atoms with E-state index >= 15 is 0 Å². The van der Waals surface area contributed by atoms with Gasteiger partial charge in [-0.3, -0.25) is 5.32 Å². The fraction of sp³-hybridized carbons (Fsp3) is 0.176. The molecule has 1 amide bonds. The SMILES string of the molecule is Cc1ccc(C(=O)O[C@@H]2[C@@H](OC(=O)Nc3ccccc3)O[C@@H](COC(=O)c3ccccc3)[C@@H]2OC(=O)c2ccccc2)cc1. The van der Waals surface area contributed by atoms with E-state index < -0.39 is 55.2 Å². The van der Waals surface area contributed by atoms with Gasteiger partial charge in [-0.15, -0.1) is 0 Å². The van der Waals surface area contributed by atoms with Crippen LogP contribution in [-0.4, -0.2) is 55.2 Å². The predicted octanol–water partition coefficient (Wildman–Crippen LogP) is 5.58. The highest BCUT2D eigenvalue weighted by Gasteiger charge is 2.52. The van der Waals surface area contributed by atoms with Gasteiger partial charge in [0.1, 0.15) is 12.7 Å². The van der Waals surface area contributed by atoms with Crippen LogP contribution in [0.5, 0.6) is 0 Å². The molecule has 10 nitrogen and oxygen atoms in total. The molecule has 1 heterocycles. The van der Waals surface area contributed by atoms with Crippen LogP contribution in [0, 0.1) is 6.92 Å². The molecule has 0 spiro atoms. The molecule has 4 aromatic carbocycles. The molecule has 0 bridgehead atoms. The van der Waals surface area contributed by atoms with Crippen LogP contribution in [0.15, 0.2) is 115 Å². The summed E-state index contributed by atoms with van der Waals surface area (Å²) in [5.74, 6) is -2.16. The zero-order chi connectivity index (χ0) is 30.9. The maximum Gasteiger partial charge on any atom is 0.414 e. The Morgan fingerprint density at radius 3 is 1.70 bits per heavy atom. The molecule has 0 radical (unpaired) electrons. The van der Waals surface area contributed by atoms with Crippen LogP contribution < -0.4 is 5.32 Å². The number of ether oxygens (including phenoxy) is 5. The Labute approximate surface area is 253 Å². The first-order valence-corrected chi connectivity index (χ1v) is 13.8. The number of carbonyl (C=O) groups excluding carboxylic acids is 4. The number of hydrogen-bond acceptors (Lipinski definition) is 9. The Morgan fingerprint density at radius 1 is 0.614 bits per heavy atom. The number of benzene rings is 4. The maximum absolute atomic E-state index is 13.2. The normalized spacial score (nSPS) is 18.9. The lowest BCUT2D eigenvalue weighted by atomic mass is 10.1. The van der Waals surface area contributed by atoms with E-state index in [-0.39, 0.29) is 11.1 Å². The van der Waals surface area contributed by atoms with Gasteiger partial charge in [-0.25, -0.2) is 19.2 Å². The highest BCUT2D eigenvalue weighted by atomic mass is 16.8. The van der Waals surface area contributed by atoms with Crippen LogP contribution in [0.25, 0.3) is 0 Å². The minimum Gasteiger partial charge on any atom is -0.459 e. The number of aryl methyl sites for hydroxylation is 1. The lowest BCUT2D eigenvalue weighted by Gasteiger charge is -2.24. The van der Waals surface area contributed by atoms with Crippen molar-refractivity contribution in [1.82, 2.24) is 0 Å². The summed E-state index contributed by atoms with van der Waals surface area (Å²) in [5, 5.41) is 2.57. The molecule has 10 heteroatoms. The average molecular weight is 596 g/mol. The fourth-order valence-corrected chi connectivity index (χ4v) is 4.42. The minimum atomic E-state index is -1.53. The van der Waals surface area contributed by atoms with Crippen molar-refractivity contribution in [3.8, 4) is 0 Å². The molecule has 1 fully saturated rings. The molecule has 4 aromatic rings. The van der Waals surface area contributed by atoms with Crippen LogP contribution in [0.3, 0.4) is 0 Å². The molecule has 1 N–H and O–H groups in total. The van der Waals surface area contributed by atoms with Crippen LogP contribution >= 0.6 is 0 Å². The number of esters is 3. The Morgan fingerprint density at radius 2 is 1.11 bits per heavy atom. The van der Waals surface area contributed by atoms with Crippen LogP contribution in [0.1, 0.15) is 36.6 Å². The molecule has 0 saturated carbocycles. The van der Waals surface area contributed by atoms with Gasteiger partial charge in [-0.05, 0) is 55.5 Å². The molecule has 0 aliphatic carbocycles. The zero-order valence-electron chi connectivity index (χ0n) is 23.7. The summed E-state index contributed by atoms with van der Waals surface area (Å²) in [5.41, 5.74) is 2.11. The second-order valence-corrected chi connectivity index (χ2v) is 9.88. The smallest absolute Gasteiger partial charge is 0.414 e. The molecular formula is C34H29NO9. The van der Waals surface area contributed by atoms with Gasteiger partial charge >= 0.3 is 24.0 Å². The van der Waals surface area contributed by atoms with Gasteiger partial charge in [0.2, 0.25) is 12.4 Å². The van der Waals surface area contributed by atoms with E-state index in [1.807, 2.05) is 6.92 Å². The number of para-hydroxylation sites is 1. The molecule has 44 heavy (non-hydrogen) atoms. The van der Waals surface area contributed by atoms with Crippen molar-refractivity contribution < 1.29 is 42.9 Å². The number of rotatable bonds is 9. The van der Waals surface area contributed by atoms with E-state index in [1.165, 1.54) is 0 Å². The molecular weight excluding hydrogens is 566 g/mol. The second kappa shape index (κ2) is 14.1. The molecule has 4 atom stereocenters. The summed E-state index contributed by atoms with van der Waals surface area (Å²) in [4.78, 5) is 52.0. The van der Waals surface area contributed by atoms with Crippen molar-refractivity contribution in [3.63, 3.8) is 0 Å². The van der Waals surface area contributed by atoms with Gasteiger partial charge in [0, 0.05) is 5.69 Å². The molecule has 0 unspecified atom stereocenters. The van der Waals surface area contributed by atoms with Crippen LogP contribution in [-0.2, 0) is 23.7 Å². The van der Waals surface area contributed by atoms with Gasteiger partial charge in [0.15, 0.2) is 6.10 Å². The Hall–Kier alpha value is -5.48. The van der Waals surface area contributed by atoms with E-state index in [9.17, 15) is 19.2 Å².